The van der Waals surface area contributed by atoms with Crippen molar-refractivity contribution in [2.45, 2.75) is 12.8 Å². The lowest BCUT2D eigenvalue weighted by molar-refractivity contribution is 0.217. The predicted octanol–water partition coefficient (Wildman–Crippen LogP) is 3.60. The fraction of sp³-hybridized carbons (Fsp3) is 0.278. The normalized spacial score (nSPS) is 15.3. The maximum absolute atomic E-state index is 9.29. The summed E-state index contributed by atoms with van der Waals surface area (Å²) >= 11 is 0. The number of halogens is 1. The molecule has 1 aliphatic carbocycles. The van der Waals surface area contributed by atoms with Gasteiger partial charge in [-0.3, -0.25) is 4.99 Å². The van der Waals surface area contributed by atoms with E-state index in [0.29, 0.717) is 12.5 Å². The summed E-state index contributed by atoms with van der Waals surface area (Å²) in [5.74, 6) is 1.86. The third-order valence-electron chi connectivity index (χ3n) is 3.96. The van der Waals surface area contributed by atoms with E-state index in [1.54, 1.807) is 0 Å². The van der Waals surface area contributed by atoms with Crippen LogP contribution < -0.4 is 15.8 Å². The molecule has 2 aromatic carbocycles. The third kappa shape index (κ3) is 5.10. The lowest BCUT2D eigenvalue weighted by Crippen LogP contribution is -2.24. The van der Waals surface area contributed by atoms with Gasteiger partial charge in [-0.2, -0.15) is 0 Å². The highest BCUT2D eigenvalue weighted by atomic mass is 127. The number of guanidine groups is 1. The molecule has 128 valence electrons. The van der Waals surface area contributed by atoms with Crippen LogP contribution in [0.4, 0.5) is 5.69 Å². The van der Waals surface area contributed by atoms with Crippen LogP contribution in [-0.4, -0.2) is 24.2 Å². The highest BCUT2D eigenvalue weighted by Crippen LogP contribution is 2.45. The number of para-hydroxylation sites is 1. The molecule has 24 heavy (non-hydrogen) atoms. The average Bonchev–Trinajstić information content (AvgIpc) is 3.35. The van der Waals surface area contributed by atoms with Gasteiger partial charge in [0.2, 0.25) is 0 Å². The Hall–Kier alpha value is -1.80. The van der Waals surface area contributed by atoms with Gasteiger partial charge in [0.25, 0.3) is 0 Å². The Labute approximate surface area is 159 Å². The number of anilines is 1. The molecule has 2 aromatic rings. The van der Waals surface area contributed by atoms with Crippen molar-refractivity contribution < 1.29 is 9.84 Å². The van der Waals surface area contributed by atoms with E-state index >= 15 is 0 Å². The zero-order valence-corrected chi connectivity index (χ0v) is 15.6. The Kier molecular flexibility index (Phi) is 6.44. The fourth-order valence-corrected chi connectivity index (χ4v) is 2.25. The van der Waals surface area contributed by atoms with Gasteiger partial charge in [0, 0.05) is 17.2 Å². The Morgan fingerprint density at radius 1 is 1.12 bits per heavy atom. The first kappa shape index (κ1) is 18.5. The summed E-state index contributed by atoms with van der Waals surface area (Å²) in [5, 5.41) is 12.3. The van der Waals surface area contributed by atoms with Gasteiger partial charge >= 0.3 is 0 Å². The van der Waals surface area contributed by atoms with E-state index in [2.05, 4.69) is 10.3 Å². The summed E-state index contributed by atoms with van der Waals surface area (Å²) in [6.07, 6.45) is 2.03. The molecule has 1 fully saturated rings. The van der Waals surface area contributed by atoms with Crippen LogP contribution in [0.3, 0.4) is 0 Å². The molecule has 5 nitrogen and oxygen atoms in total. The molecule has 0 spiro atoms. The minimum Gasteiger partial charge on any atom is -0.457 e. The molecular formula is C18H22IN3O2. The Bertz CT molecular complexity index is 688. The summed E-state index contributed by atoms with van der Waals surface area (Å²) in [4.78, 5) is 4.32. The summed E-state index contributed by atoms with van der Waals surface area (Å²) < 4.78 is 5.79. The van der Waals surface area contributed by atoms with Gasteiger partial charge in [-0.05, 0) is 37.1 Å². The molecular weight excluding hydrogens is 417 g/mol. The molecule has 1 saturated carbocycles. The van der Waals surface area contributed by atoms with Crippen LogP contribution in [0.15, 0.2) is 59.6 Å². The predicted molar refractivity (Wildman–Crippen MR) is 107 cm³/mol. The first-order valence-corrected chi connectivity index (χ1v) is 7.70. The van der Waals surface area contributed by atoms with E-state index in [1.807, 2.05) is 54.6 Å². The number of aliphatic imine (C=N–C) groups is 1. The second-order valence-corrected chi connectivity index (χ2v) is 5.93. The van der Waals surface area contributed by atoms with Gasteiger partial charge in [0.05, 0.1) is 13.2 Å². The highest BCUT2D eigenvalue weighted by molar-refractivity contribution is 14.0. The van der Waals surface area contributed by atoms with Crippen molar-refractivity contribution in [2.75, 3.05) is 18.5 Å². The summed E-state index contributed by atoms with van der Waals surface area (Å²) in [5.41, 5.74) is 6.69. The first-order chi connectivity index (χ1) is 11.2. The largest absolute Gasteiger partial charge is 0.457 e. The molecule has 0 atom stereocenters. The molecule has 1 aliphatic rings. The molecule has 0 amide bonds. The smallest absolute Gasteiger partial charge is 0.193 e. The molecule has 0 saturated heterocycles. The van der Waals surface area contributed by atoms with Crippen molar-refractivity contribution in [3.8, 4) is 11.5 Å². The zero-order chi connectivity index (χ0) is 16.1. The Morgan fingerprint density at radius 2 is 1.83 bits per heavy atom. The SMILES string of the molecule is I.NC(=NCC1(CO)CC1)Nc1cccc(Oc2ccccc2)c1. The van der Waals surface area contributed by atoms with Gasteiger partial charge < -0.3 is 20.9 Å². The number of nitrogens with zero attached hydrogens (tertiary/aromatic N) is 1. The van der Waals surface area contributed by atoms with E-state index in [1.165, 1.54) is 0 Å². The average molecular weight is 439 g/mol. The van der Waals surface area contributed by atoms with Crippen molar-refractivity contribution in [1.29, 1.82) is 0 Å². The number of aliphatic hydroxyl groups excluding tert-OH is 1. The third-order valence-corrected chi connectivity index (χ3v) is 3.96. The van der Waals surface area contributed by atoms with Crippen molar-refractivity contribution in [3.63, 3.8) is 0 Å². The second-order valence-electron chi connectivity index (χ2n) is 5.93. The summed E-state index contributed by atoms with van der Waals surface area (Å²) in [6.45, 7) is 0.729. The second kappa shape index (κ2) is 8.34. The first-order valence-electron chi connectivity index (χ1n) is 7.70. The molecule has 0 unspecified atom stereocenters. The molecule has 0 heterocycles. The van der Waals surface area contributed by atoms with Crippen LogP contribution in [0.2, 0.25) is 0 Å². The monoisotopic (exact) mass is 439 g/mol. The standard InChI is InChI=1S/C18H21N3O2.HI/c19-17(20-12-18(13-22)9-10-18)21-14-5-4-8-16(11-14)23-15-6-2-1-3-7-15;/h1-8,11,22H,9-10,12-13H2,(H3,19,20,21);1H. The summed E-state index contributed by atoms with van der Waals surface area (Å²) in [7, 11) is 0. The maximum atomic E-state index is 9.29. The Morgan fingerprint density at radius 3 is 2.50 bits per heavy atom. The molecule has 0 aliphatic heterocycles. The maximum Gasteiger partial charge on any atom is 0.193 e. The molecule has 0 radical (unpaired) electrons. The molecule has 3 rings (SSSR count). The number of aliphatic hydroxyl groups is 1. The van der Waals surface area contributed by atoms with Crippen LogP contribution >= 0.6 is 24.0 Å². The van der Waals surface area contributed by atoms with Gasteiger partial charge in [-0.25, -0.2) is 0 Å². The number of benzene rings is 2. The Balaban J connectivity index is 0.00000208. The van der Waals surface area contributed by atoms with Crippen molar-refractivity contribution in [3.05, 3.63) is 54.6 Å². The molecule has 4 N–H and O–H groups in total. The van der Waals surface area contributed by atoms with Gasteiger partial charge in [0.15, 0.2) is 5.96 Å². The van der Waals surface area contributed by atoms with E-state index < -0.39 is 0 Å². The van der Waals surface area contributed by atoms with E-state index in [9.17, 15) is 5.11 Å². The van der Waals surface area contributed by atoms with E-state index in [4.69, 9.17) is 10.5 Å². The minimum absolute atomic E-state index is 0. The number of rotatable bonds is 6. The molecule has 6 heteroatoms. The fourth-order valence-electron chi connectivity index (χ4n) is 2.25. The molecule has 0 aromatic heterocycles. The van der Waals surface area contributed by atoms with Crippen LogP contribution in [0.1, 0.15) is 12.8 Å². The lowest BCUT2D eigenvalue weighted by Gasteiger charge is -2.11. The number of hydrogen-bond acceptors (Lipinski definition) is 3. The van der Waals surface area contributed by atoms with Crippen LogP contribution in [0.25, 0.3) is 0 Å². The molecule has 0 bridgehead atoms. The minimum atomic E-state index is -0.0371. The van der Waals surface area contributed by atoms with Gasteiger partial charge in [-0.1, -0.05) is 24.3 Å². The topological polar surface area (TPSA) is 79.9 Å². The quantitative estimate of drug-likeness (QED) is 0.365. The number of hydrogen-bond donors (Lipinski definition) is 3. The summed E-state index contributed by atoms with van der Waals surface area (Å²) in [6, 6.07) is 17.2. The zero-order valence-electron chi connectivity index (χ0n) is 13.3. The van der Waals surface area contributed by atoms with Crippen LogP contribution in [0.5, 0.6) is 11.5 Å². The number of ether oxygens (including phenoxy) is 1. The lowest BCUT2D eigenvalue weighted by atomic mass is 10.1. The van der Waals surface area contributed by atoms with Crippen molar-refractivity contribution in [1.82, 2.24) is 0 Å². The number of nitrogens with one attached hydrogen (secondary N) is 1. The van der Waals surface area contributed by atoms with E-state index in [-0.39, 0.29) is 36.0 Å². The van der Waals surface area contributed by atoms with Crippen LogP contribution in [-0.2, 0) is 0 Å². The number of nitrogens with two attached hydrogens (primary N) is 1. The van der Waals surface area contributed by atoms with Gasteiger partial charge in [0.1, 0.15) is 11.5 Å². The highest BCUT2D eigenvalue weighted by Gasteiger charge is 2.41. The van der Waals surface area contributed by atoms with Crippen LogP contribution in [0, 0.1) is 5.41 Å². The van der Waals surface area contributed by atoms with Crippen molar-refractivity contribution in [2.24, 2.45) is 16.1 Å². The van der Waals surface area contributed by atoms with Crippen molar-refractivity contribution >= 4 is 35.6 Å². The van der Waals surface area contributed by atoms with E-state index in [0.717, 1.165) is 30.0 Å². The van der Waals surface area contributed by atoms with Gasteiger partial charge in [-0.15, -0.1) is 24.0 Å².